The molecule has 2 rings (SSSR count). The first kappa shape index (κ1) is 21.5. The summed E-state index contributed by atoms with van der Waals surface area (Å²) in [4.78, 5) is 39.2. The van der Waals surface area contributed by atoms with Crippen molar-refractivity contribution in [2.24, 2.45) is 0 Å². The molecule has 8 heteroatoms. The van der Waals surface area contributed by atoms with Crippen LogP contribution in [0.5, 0.6) is 0 Å². The predicted octanol–water partition coefficient (Wildman–Crippen LogP) is 3.32. The number of esters is 2. The maximum absolute atomic E-state index is 12.3. The van der Waals surface area contributed by atoms with Gasteiger partial charge < -0.3 is 19.8 Å². The quantitative estimate of drug-likeness (QED) is 0.687. The number of hydrogen-bond donors (Lipinski definition) is 2. The van der Waals surface area contributed by atoms with E-state index in [9.17, 15) is 14.4 Å². The third-order valence-corrected chi connectivity index (χ3v) is 4.33. The zero-order valence-electron chi connectivity index (χ0n) is 16.2. The molecule has 1 aromatic carbocycles. The summed E-state index contributed by atoms with van der Waals surface area (Å²) in [7, 11) is 0. The largest absolute Gasteiger partial charge is 0.459 e. The zero-order valence-corrected chi connectivity index (χ0v) is 17.0. The molecule has 0 spiro atoms. The molecule has 7 nitrogen and oxygen atoms in total. The molecule has 2 N–H and O–H groups in total. The minimum atomic E-state index is -0.725. The number of amides is 1. The van der Waals surface area contributed by atoms with Crippen molar-refractivity contribution in [2.45, 2.75) is 40.3 Å². The average Bonchev–Trinajstić information content (AvgIpc) is 2.92. The van der Waals surface area contributed by atoms with Crippen LogP contribution in [-0.4, -0.2) is 35.5 Å². The van der Waals surface area contributed by atoms with E-state index in [1.165, 1.54) is 0 Å². The molecule has 2 aromatic rings. The lowest BCUT2D eigenvalue weighted by molar-refractivity contribution is -0.124. The summed E-state index contributed by atoms with van der Waals surface area (Å²) >= 11 is 6.03. The molecule has 28 heavy (non-hydrogen) atoms. The van der Waals surface area contributed by atoms with E-state index in [4.69, 9.17) is 21.1 Å². The van der Waals surface area contributed by atoms with E-state index in [1.54, 1.807) is 45.9 Å². The standard InChI is InChI=1S/C20H23ClN2O5/c1-11(2)28-19(25)17-12(3)18(23-13(17)4)20(26)27-10-16(24)22-9-14-7-5-6-8-15(14)21/h5-8,11,23H,9-10H2,1-4H3,(H,22,24). The molecule has 0 fully saturated rings. The summed E-state index contributed by atoms with van der Waals surface area (Å²) in [6, 6.07) is 7.12. The first-order valence-corrected chi connectivity index (χ1v) is 9.15. The molecule has 0 atom stereocenters. The molecule has 1 heterocycles. The van der Waals surface area contributed by atoms with Crippen LogP contribution in [0.1, 0.15) is 51.5 Å². The molecule has 0 saturated heterocycles. The smallest absolute Gasteiger partial charge is 0.355 e. The van der Waals surface area contributed by atoms with Crippen LogP contribution in [-0.2, 0) is 20.8 Å². The number of benzene rings is 1. The van der Waals surface area contributed by atoms with Crippen molar-refractivity contribution in [2.75, 3.05) is 6.61 Å². The third-order valence-electron chi connectivity index (χ3n) is 3.96. The number of nitrogens with one attached hydrogen (secondary N) is 2. The van der Waals surface area contributed by atoms with Crippen LogP contribution in [0.3, 0.4) is 0 Å². The van der Waals surface area contributed by atoms with Crippen molar-refractivity contribution < 1.29 is 23.9 Å². The molecule has 0 radical (unpaired) electrons. The number of aromatic nitrogens is 1. The Bertz CT molecular complexity index is 889. The van der Waals surface area contributed by atoms with Crippen molar-refractivity contribution >= 4 is 29.4 Å². The fourth-order valence-corrected chi connectivity index (χ4v) is 2.83. The third kappa shape index (κ3) is 5.36. The summed E-state index contributed by atoms with van der Waals surface area (Å²) in [5, 5.41) is 3.17. The van der Waals surface area contributed by atoms with Gasteiger partial charge in [-0.2, -0.15) is 0 Å². The molecule has 0 aliphatic heterocycles. The number of aryl methyl sites for hydroxylation is 1. The van der Waals surface area contributed by atoms with Gasteiger partial charge in [0, 0.05) is 17.3 Å². The summed E-state index contributed by atoms with van der Waals surface area (Å²) in [6.45, 7) is 6.54. The van der Waals surface area contributed by atoms with Crippen LogP contribution in [0.15, 0.2) is 24.3 Å². The van der Waals surface area contributed by atoms with Crippen LogP contribution < -0.4 is 5.32 Å². The Labute approximate surface area is 168 Å². The number of rotatable bonds is 7. The van der Waals surface area contributed by atoms with Crippen LogP contribution in [0, 0.1) is 13.8 Å². The highest BCUT2D eigenvalue weighted by Crippen LogP contribution is 2.20. The number of ether oxygens (including phenoxy) is 2. The highest BCUT2D eigenvalue weighted by molar-refractivity contribution is 6.31. The summed E-state index contributed by atoms with van der Waals surface area (Å²) < 4.78 is 10.2. The lowest BCUT2D eigenvalue weighted by Gasteiger charge is -2.09. The van der Waals surface area contributed by atoms with Gasteiger partial charge >= 0.3 is 11.9 Å². The van der Waals surface area contributed by atoms with Gasteiger partial charge in [0.15, 0.2) is 6.61 Å². The van der Waals surface area contributed by atoms with Crippen molar-refractivity contribution in [1.82, 2.24) is 10.3 Å². The van der Waals surface area contributed by atoms with E-state index < -0.39 is 24.5 Å². The molecule has 0 aliphatic carbocycles. The molecule has 150 valence electrons. The highest BCUT2D eigenvalue weighted by Gasteiger charge is 2.24. The van der Waals surface area contributed by atoms with E-state index in [0.29, 0.717) is 21.8 Å². The van der Waals surface area contributed by atoms with Gasteiger partial charge in [0.2, 0.25) is 0 Å². The van der Waals surface area contributed by atoms with Gasteiger partial charge in [0.1, 0.15) is 5.69 Å². The Hall–Kier alpha value is -2.80. The Morgan fingerprint density at radius 3 is 2.46 bits per heavy atom. The summed E-state index contributed by atoms with van der Waals surface area (Å²) in [6.07, 6.45) is -0.279. The van der Waals surface area contributed by atoms with E-state index in [-0.39, 0.29) is 18.3 Å². The average molecular weight is 407 g/mol. The van der Waals surface area contributed by atoms with Crippen molar-refractivity contribution in [1.29, 1.82) is 0 Å². The number of hydrogen-bond acceptors (Lipinski definition) is 5. The Morgan fingerprint density at radius 2 is 1.82 bits per heavy atom. The van der Waals surface area contributed by atoms with Gasteiger partial charge in [-0.3, -0.25) is 4.79 Å². The molecule has 0 unspecified atom stereocenters. The van der Waals surface area contributed by atoms with Gasteiger partial charge in [-0.1, -0.05) is 29.8 Å². The maximum Gasteiger partial charge on any atom is 0.355 e. The molecule has 0 aliphatic rings. The van der Waals surface area contributed by atoms with Crippen molar-refractivity contribution in [3.8, 4) is 0 Å². The van der Waals surface area contributed by atoms with Crippen LogP contribution in [0.2, 0.25) is 5.02 Å². The summed E-state index contributed by atoms with van der Waals surface area (Å²) in [5.74, 6) is -1.71. The fraction of sp³-hybridized carbons (Fsp3) is 0.350. The second-order valence-corrected chi connectivity index (χ2v) is 6.93. The number of carbonyl (C=O) groups is 3. The van der Waals surface area contributed by atoms with Gasteiger partial charge in [-0.05, 0) is 44.9 Å². The topological polar surface area (TPSA) is 97.5 Å². The van der Waals surface area contributed by atoms with Gasteiger partial charge in [0.25, 0.3) is 5.91 Å². The SMILES string of the molecule is Cc1[nH]c(C(=O)OCC(=O)NCc2ccccc2Cl)c(C)c1C(=O)OC(C)C. The first-order chi connectivity index (χ1) is 13.2. The number of carbonyl (C=O) groups excluding carboxylic acids is 3. The monoisotopic (exact) mass is 406 g/mol. The van der Waals surface area contributed by atoms with E-state index in [0.717, 1.165) is 5.56 Å². The van der Waals surface area contributed by atoms with Crippen LogP contribution in [0.25, 0.3) is 0 Å². The second kappa shape index (κ2) is 9.41. The number of aromatic amines is 1. The van der Waals surface area contributed by atoms with Gasteiger partial charge in [0.05, 0.1) is 11.7 Å². The molecule has 0 saturated carbocycles. The second-order valence-electron chi connectivity index (χ2n) is 6.52. The van der Waals surface area contributed by atoms with Crippen LogP contribution in [0.4, 0.5) is 0 Å². The number of H-pyrrole nitrogens is 1. The lowest BCUT2D eigenvalue weighted by Crippen LogP contribution is -2.28. The van der Waals surface area contributed by atoms with Crippen molar-refractivity contribution in [3.63, 3.8) is 0 Å². The van der Waals surface area contributed by atoms with Gasteiger partial charge in [-0.15, -0.1) is 0 Å². The normalized spacial score (nSPS) is 10.6. The minimum absolute atomic E-state index is 0.118. The maximum atomic E-state index is 12.3. The van der Waals surface area contributed by atoms with E-state index in [1.807, 2.05) is 6.07 Å². The molecular formula is C20H23ClN2O5. The van der Waals surface area contributed by atoms with Crippen LogP contribution >= 0.6 is 11.6 Å². The molecule has 0 bridgehead atoms. The zero-order chi connectivity index (χ0) is 20.8. The summed E-state index contributed by atoms with van der Waals surface area (Å²) in [5.41, 5.74) is 2.09. The predicted molar refractivity (Wildman–Crippen MR) is 104 cm³/mol. The first-order valence-electron chi connectivity index (χ1n) is 8.78. The van der Waals surface area contributed by atoms with Gasteiger partial charge in [-0.25, -0.2) is 9.59 Å². The van der Waals surface area contributed by atoms with E-state index in [2.05, 4.69) is 10.3 Å². The molecular weight excluding hydrogens is 384 g/mol. The minimum Gasteiger partial charge on any atom is -0.459 e. The van der Waals surface area contributed by atoms with Crippen molar-refractivity contribution in [3.05, 3.63) is 57.4 Å². The Kier molecular flexibility index (Phi) is 7.23. The fourth-order valence-electron chi connectivity index (χ4n) is 2.62. The Morgan fingerprint density at radius 1 is 1.14 bits per heavy atom. The van der Waals surface area contributed by atoms with E-state index >= 15 is 0 Å². The molecule has 1 aromatic heterocycles. The highest BCUT2D eigenvalue weighted by atomic mass is 35.5. The lowest BCUT2D eigenvalue weighted by atomic mass is 10.1. The molecule has 1 amide bonds. The number of halogens is 1. The Balaban J connectivity index is 1.95.